The summed E-state index contributed by atoms with van der Waals surface area (Å²) >= 11 is 0. The highest BCUT2D eigenvalue weighted by Crippen LogP contribution is 2.26. The van der Waals surface area contributed by atoms with Crippen molar-refractivity contribution in [2.75, 3.05) is 0 Å². The molecule has 6 heteroatoms. The second kappa shape index (κ2) is 9.34. The normalized spacial score (nSPS) is 12.4. The number of amides is 1. The number of sulfonamides is 1. The number of carbonyl (C=O) groups is 1. The van der Waals surface area contributed by atoms with Crippen LogP contribution in [-0.2, 0) is 27.8 Å². The lowest BCUT2D eigenvalue weighted by Gasteiger charge is -2.18. The molecular formula is C26H24N2O3S. The Balaban J connectivity index is 1.67. The molecule has 0 heterocycles. The zero-order chi connectivity index (χ0) is 22.6. The summed E-state index contributed by atoms with van der Waals surface area (Å²) in [4.78, 5) is 13.3. The number of carbonyl (C=O) groups excluding carboxylic acids is 1. The van der Waals surface area contributed by atoms with E-state index < -0.39 is 21.8 Å². The van der Waals surface area contributed by atoms with E-state index in [1.165, 1.54) is 12.1 Å². The van der Waals surface area contributed by atoms with Crippen LogP contribution in [0.1, 0.15) is 22.6 Å². The van der Waals surface area contributed by atoms with Crippen molar-refractivity contribution in [3.8, 4) is 0 Å². The molecule has 0 aliphatic rings. The Kier molecular flexibility index (Phi) is 6.35. The lowest BCUT2D eigenvalue weighted by atomic mass is 9.90. The Labute approximate surface area is 187 Å². The van der Waals surface area contributed by atoms with Crippen molar-refractivity contribution in [3.05, 3.63) is 114 Å². The van der Waals surface area contributed by atoms with Gasteiger partial charge in [0.2, 0.25) is 5.91 Å². The van der Waals surface area contributed by atoms with E-state index in [2.05, 4.69) is 4.72 Å². The largest absolute Gasteiger partial charge is 0.326 e. The number of nitrogens with one attached hydrogen (secondary N) is 1. The fourth-order valence-electron chi connectivity index (χ4n) is 3.70. The first kappa shape index (κ1) is 21.7. The van der Waals surface area contributed by atoms with Crippen LogP contribution >= 0.6 is 0 Å². The van der Waals surface area contributed by atoms with Crippen molar-refractivity contribution in [1.82, 2.24) is 4.72 Å². The van der Waals surface area contributed by atoms with E-state index in [0.717, 1.165) is 27.5 Å². The Bertz CT molecular complexity index is 1330. The Hall–Kier alpha value is -3.48. The molecular weight excluding hydrogens is 420 g/mol. The van der Waals surface area contributed by atoms with Gasteiger partial charge in [-0.2, -0.15) is 0 Å². The van der Waals surface area contributed by atoms with E-state index in [1.807, 2.05) is 72.8 Å². The van der Waals surface area contributed by atoms with Crippen molar-refractivity contribution >= 4 is 26.7 Å². The summed E-state index contributed by atoms with van der Waals surface area (Å²) in [6.07, 6.45) is 0.382. The number of hydrogen-bond donors (Lipinski definition) is 2. The summed E-state index contributed by atoms with van der Waals surface area (Å²) in [5.74, 6) is -1.23. The molecule has 0 fully saturated rings. The summed E-state index contributed by atoms with van der Waals surface area (Å²) < 4.78 is 28.0. The maximum Gasteiger partial charge on any atom is 0.264 e. The van der Waals surface area contributed by atoms with E-state index in [-0.39, 0.29) is 4.90 Å². The SMILES string of the molecule is NCc1ccc(S(=O)(=O)NC(=O)C(Cc2ccccc2)c2ccc3ccccc3c2)cc1. The lowest BCUT2D eigenvalue weighted by molar-refractivity contribution is -0.120. The van der Waals surface area contributed by atoms with Crippen LogP contribution in [0, 0.1) is 0 Å². The highest BCUT2D eigenvalue weighted by Gasteiger charge is 2.26. The predicted molar refractivity (Wildman–Crippen MR) is 126 cm³/mol. The second-order valence-corrected chi connectivity index (χ2v) is 9.35. The first-order chi connectivity index (χ1) is 15.5. The summed E-state index contributed by atoms with van der Waals surface area (Å²) in [7, 11) is -4.01. The number of hydrogen-bond acceptors (Lipinski definition) is 4. The first-order valence-electron chi connectivity index (χ1n) is 10.3. The first-order valence-corrected chi connectivity index (χ1v) is 11.8. The molecule has 4 aromatic carbocycles. The monoisotopic (exact) mass is 444 g/mol. The van der Waals surface area contributed by atoms with E-state index in [9.17, 15) is 13.2 Å². The van der Waals surface area contributed by atoms with Crippen LogP contribution in [0.2, 0.25) is 0 Å². The minimum Gasteiger partial charge on any atom is -0.326 e. The topological polar surface area (TPSA) is 89.3 Å². The Morgan fingerprint density at radius 3 is 2.12 bits per heavy atom. The van der Waals surface area contributed by atoms with Gasteiger partial charge in [-0.1, -0.05) is 84.9 Å². The smallest absolute Gasteiger partial charge is 0.264 e. The number of rotatable bonds is 7. The molecule has 0 aliphatic carbocycles. The van der Waals surface area contributed by atoms with Crippen molar-refractivity contribution in [2.24, 2.45) is 5.73 Å². The molecule has 0 saturated carbocycles. The quantitative estimate of drug-likeness (QED) is 0.449. The minimum atomic E-state index is -4.01. The van der Waals surface area contributed by atoms with Gasteiger partial charge in [0.1, 0.15) is 0 Å². The highest BCUT2D eigenvalue weighted by atomic mass is 32.2. The number of nitrogens with two attached hydrogens (primary N) is 1. The molecule has 0 radical (unpaired) electrons. The molecule has 32 heavy (non-hydrogen) atoms. The predicted octanol–water partition coefficient (Wildman–Crippen LogP) is 4.13. The summed E-state index contributed by atoms with van der Waals surface area (Å²) in [6.45, 7) is 0.313. The molecule has 1 unspecified atom stereocenters. The molecule has 5 nitrogen and oxygen atoms in total. The van der Waals surface area contributed by atoms with Gasteiger partial charge < -0.3 is 5.73 Å². The fourth-order valence-corrected chi connectivity index (χ4v) is 4.72. The van der Waals surface area contributed by atoms with Gasteiger partial charge in [-0.3, -0.25) is 4.79 Å². The van der Waals surface area contributed by atoms with Crippen LogP contribution in [0.5, 0.6) is 0 Å². The average Bonchev–Trinajstić information content (AvgIpc) is 2.82. The maximum absolute atomic E-state index is 13.3. The lowest BCUT2D eigenvalue weighted by Crippen LogP contribution is -2.35. The van der Waals surface area contributed by atoms with Crippen LogP contribution in [0.25, 0.3) is 10.8 Å². The van der Waals surface area contributed by atoms with Crippen molar-refractivity contribution in [2.45, 2.75) is 23.8 Å². The van der Waals surface area contributed by atoms with Gasteiger partial charge in [0.25, 0.3) is 10.0 Å². The molecule has 0 aliphatic heterocycles. The Morgan fingerprint density at radius 2 is 1.44 bits per heavy atom. The van der Waals surface area contributed by atoms with Gasteiger partial charge in [0, 0.05) is 6.54 Å². The highest BCUT2D eigenvalue weighted by molar-refractivity contribution is 7.90. The number of fused-ring (bicyclic) bond motifs is 1. The second-order valence-electron chi connectivity index (χ2n) is 7.67. The molecule has 1 atom stereocenters. The number of benzene rings is 4. The molecule has 0 saturated heterocycles. The standard InChI is InChI=1S/C26H24N2O3S/c27-18-20-10-14-24(15-11-20)32(30,31)28-26(29)25(16-19-6-2-1-3-7-19)23-13-12-21-8-4-5-9-22(21)17-23/h1-15,17,25H,16,18,27H2,(H,28,29). The average molecular weight is 445 g/mol. The van der Waals surface area contributed by atoms with Crippen LogP contribution in [0.4, 0.5) is 0 Å². The molecule has 1 amide bonds. The third-order valence-electron chi connectivity index (χ3n) is 5.48. The van der Waals surface area contributed by atoms with Crippen LogP contribution < -0.4 is 10.5 Å². The van der Waals surface area contributed by atoms with Crippen LogP contribution in [-0.4, -0.2) is 14.3 Å². The zero-order valence-corrected chi connectivity index (χ0v) is 18.3. The zero-order valence-electron chi connectivity index (χ0n) is 17.4. The molecule has 0 aromatic heterocycles. The fraction of sp³-hybridized carbons (Fsp3) is 0.115. The summed E-state index contributed by atoms with van der Waals surface area (Å²) in [5.41, 5.74) is 8.11. The minimum absolute atomic E-state index is 0.0278. The molecule has 3 N–H and O–H groups in total. The van der Waals surface area contributed by atoms with Gasteiger partial charge >= 0.3 is 0 Å². The van der Waals surface area contributed by atoms with Gasteiger partial charge in [-0.25, -0.2) is 13.1 Å². The van der Waals surface area contributed by atoms with E-state index in [4.69, 9.17) is 5.73 Å². The van der Waals surface area contributed by atoms with E-state index >= 15 is 0 Å². The van der Waals surface area contributed by atoms with Crippen molar-refractivity contribution < 1.29 is 13.2 Å². The van der Waals surface area contributed by atoms with Gasteiger partial charge in [-0.05, 0) is 46.0 Å². The van der Waals surface area contributed by atoms with Crippen LogP contribution in [0.15, 0.2) is 102 Å². The van der Waals surface area contributed by atoms with Crippen molar-refractivity contribution in [1.29, 1.82) is 0 Å². The van der Waals surface area contributed by atoms with Crippen LogP contribution in [0.3, 0.4) is 0 Å². The maximum atomic E-state index is 13.3. The third-order valence-corrected chi connectivity index (χ3v) is 6.84. The van der Waals surface area contributed by atoms with E-state index in [1.54, 1.807) is 12.1 Å². The Morgan fingerprint density at radius 1 is 0.781 bits per heavy atom. The van der Waals surface area contributed by atoms with Gasteiger partial charge in [-0.15, -0.1) is 0 Å². The molecule has 4 rings (SSSR count). The van der Waals surface area contributed by atoms with Gasteiger partial charge in [0.15, 0.2) is 0 Å². The molecule has 0 bridgehead atoms. The van der Waals surface area contributed by atoms with Crippen molar-refractivity contribution in [3.63, 3.8) is 0 Å². The molecule has 0 spiro atoms. The third kappa shape index (κ3) is 4.88. The molecule has 4 aromatic rings. The molecule has 162 valence electrons. The summed E-state index contributed by atoms with van der Waals surface area (Å²) in [6, 6.07) is 29.4. The van der Waals surface area contributed by atoms with Gasteiger partial charge in [0.05, 0.1) is 10.8 Å². The summed E-state index contributed by atoms with van der Waals surface area (Å²) in [5, 5.41) is 2.05. The van der Waals surface area contributed by atoms with E-state index in [0.29, 0.717) is 13.0 Å².